The summed E-state index contributed by atoms with van der Waals surface area (Å²) >= 11 is 0. The van der Waals surface area contributed by atoms with Crippen molar-refractivity contribution >= 4 is 5.97 Å². The van der Waals surface area contributed by atoms with E-state index in [1.807, 2.05) is 0 Å². The summed E-state index contributed by atoms with van der Waals surface area (Å²) in [6, 6.07) is 0. The molecule has 0 aromatic rings. The zero-order valence-corrected chi connectivity index (χ0v) is 14.2. The third-order valence-electron chi connectivity index (χ3n) is 2.36. The van der Waals surface area contributed by atoms with Gasteiger partial charge < -0.3 is 9.84 Å². The second-order valence-corrected chi connectivity index (χ2v) is 5.27. The van der Waals surface area contributed by atoms with Gasteiger partial charge in [-0.1, -0.05) is 21.8 Å². The van der Waals surface area contributed by atoms with Crippen LogP contribution in [0.2, 0.25) is 0 Å². The van der Waals surface area contributed by atoms with E-state index in [-0.39, 0.29) is 41.2 Å². The van der Waals surface area contributed by atoms with Crippen LogP contribution in [-0.4, -0.2) is 50.0 Å². The lowest BCUT2D eigenvalue weighted by molar-refractivity contribution is -0.291. The largest absolute Gasteiger partial charge is 0.465 e. The Morgan fingerprint density at radius 2 is 1.37 bits per heavy atom. The van der Waals surface area contributed by atoms with Gasteiger partial charge in [0, 0.05) is 19.4 Å². The summed E-state index contributed by atoms with van der Waals surface area (Å²) in [6.45, 7) is 1.28. The second kappa shape index (κ2) is 18.2. The van der Waals surface area contributed by atoms with Crippen LogP contribution in [0.25, 0.3) is 0 Å². The van der Waals surface area contributed by atoms with Crippen LogP contribution in [0.1, 0.15) is 54.9 Å². The number of alkyl halides is 8. The summed E-state index contributed by atoms with van der Waals surface area (Å²) in [6.07, 6.45) is -6.63. The molecule has 0 saturated heterocycles. The molecule has 0 aliphatic heterocycles. The van der Waals surface area contributed by atoms with E-state index in [9.17, 15) is 39.9 Å². The molecule has 0 heterocycles. The normalized spacial score (nSPS) is 10.8. The molecule has 0 radical (unpaired) electrons. The number of rotatable bonds is 7. The number of halogens is 8. The van der Waals surface area contributed by atoms with E-state index in [1.54, 1.807) is 6.92 Å². The van der Waals surface area contributed by atoms with Crippen molar-refractivity contribution in [1.29, 1.82) is 0 Å². The molecule has 0 aromatic heterocycles. The Kier molecular flexibility index (Phi) is 24.8. The van der Waals surface area contributed by atoms with Crippen LogP contribution in [0.4, 0.5) is 35.1 Å². The van der Waals surface area contributed by atoms with Crippen molar-refractivity contribution in [2.45, 2.75) is 67.0 Å². The molecule has 0 bridgehead atoms. The Labute approximate surface area is 156 Å². The molecule has 0 fully saturated rings. The standard InChI is InChI=1S/C10H15F5O3.C3H7F.CH2F2.2CH4/c1-8(2,7(17)18-5-3-4-16)6-9(11,12)10(13,14)15;1-2-3-4;2-1-3;;/h16H,3-6H2,1-2H3;2-3H2,1H3;1H2;2*1H4. The zero-order valence-electron chi connectivity index (χ0n) is 14.2. The Morgan fingerprint density at radius 1 is 1.00 bits per heavy atom. The van der Waals surface area contributed by atoms with E-state index < -0.39 is 36.8 Å². The lowest BCUT2D eigenvalue weighted by atomic mass is 9.86. The Bertz CT molecular complexity index is 332. The van der Waals surface area contributed by atoms with Gasteiger partial charge in [-0.05, 0) is 20.3 Å². The van der Waals surface area contributed by atoms with Crippen LogP contribution in [0.5, 0.6) is 0 Å². The molecular weight excluding hydrogens is 392 g/mol. The number of aliphatic hydroxyl groups excluding tert-OH is 1. The molecule has 0 amide bonds. The summed E-state index contributed by atoms with van der Waals surface area (Å²) in [5.74, 6) is -6.10. The van der Waals surface area contributed by atoms with Crippen LogP contribution < -0.4 is 0 Å². The van der Waals surface area contributed by atoms with Crippen LogP contribution in [0.15, 0.2) is 0 Å². The number of carbonyl (C=O) groups is 1. The summed E-state index contributed by atoms with van der Waals surface area (Å²) in [7, 11) is 0. The van der Waals surface area contributed by atoms with Gasteiger partial charge in [-0.2, -0.15) is 22.0 Å². The van der Waals surface area contributed by atoms with E-state index in [2.05, 4.69) is 4.74 Å². The molecule has 27 heavy (non-hydrogen) atoms. The minimum absolute atomic E-state index is 0. The quantitative estimate of drug-likeness (QED) is 0.308. The van der Waals surface area contributed by atoms with Gasteiger partial charge in [-0.15, -0.1) is 0 Å². The molecule has 0 atom stereocenters. The van der Waals surface area contributed by atoms with Crippen LogP contribution in [0, 0.1) is 5.41 Å². The summed E-state index contributed by atoms with van der Waals surface area (Å²) in [5.41, 5.74) is -1.96. The number of esters is 1. The summed E-state index contributed by atoms with van der Waals surface area (Å²) in [5, 5.41) is 8.42. The zero-order chi connectivity index (χ0) is 20.7. The maximum atomic E-state index is 12.8. The van der Waals surface area contributed by atoms with Gasteiger partial charge in [0.2, 0.25) is 6.93 Å². The van der Waals surface area contributed by atoms with E-state index in [1.165, 1.54) is 0 Å². The fourth-order valence-corrected chi connectivity index (χ4v) is 1.15. The first kappa shape index (κ1) is 36.7. The minimum Gasteiger partial charge on any atom is -0.465 e. The number of carbonyl (C=O) groups excluding carboxylic acids is 1. The second-order valence-electron chi connectivity index (χ2n) is 5.27. The first-order valence-electron chi connectivity index (χ1n) is 7.17. The minimum atomic E-state index is -5.70. The first-order valence-corrected chi connectivity index (χ1v) is 7.17. The van der Waals surface area contributed by atoms with Gasteiger partial charge in [0.25, 0.3) is 0 Å². The van der Waals surface area contributed by atoms with E-state index in [0.717, 1.165) is 13.8 Å². The van der Waals surface area contributed by atoms with Gasteiger partial charge in [-0.25, -0.2) is 8.78 Å². The molecule has 0 aliphatic carbocycles. The van der Waals surface area contributed by atoms with Crippen LogP contribution in [-0.2, 0) is 9.53 Å². The third kappa shape index (κ3) is 19.4. The molecule has 3 nitrogen and oxygen atoms in total. The molecule has 170 valence electrons. The van der Waals surface area contributed by atoms with Crippen LogP contribution >= 0.6 is 0 Å². The Balaban J connectivity index is -0.000000154. The predicted molar refractivity (Wildman–Crippen MR) is 88.9 cm³/mol. The third-order valence-corrected chi connectivity index (χ3v) is 2.36. The van der Waals surface area contributed by atoms with Gasteiger partial charge in [0.05, 0.1) is 18.7 Å². The molecule has 0 saturated carbocycles. The van der Waals surface area contributed by atoms with Crippen molar-refractivity contribution < 1.29 is 49.8 Å². The average molecular weight is 424 g/mol. The monoisotopic (exact) mass is 424 g/mol. The molecule has 1 N–H and O–H groups in total. The van der Waals surface area contributed by atoms with Crippen molar-refractivity contribution in [2.75, 3.05) is 26.8 Å². The molecule has 0 aliphatic rings. The predicted octanol–water partition coefficient (Wildman–Crippen LogP) is 6.05. The highest BCUT2D eigenvalue weighted by atomic mass is 19.4. The van der Waals surface area contributed by atoms with E-state index in [4.69, 9.17) is 5.11 Å². The Hall–Kier alpha value is -1.13. The molecule has 11 heteroatoms. The van der Waals surface area contributed by atoms with E-state index >= 15 is 0 Å². The van der Waals surface area contributed by atoms with Crippen molar-refractivity contribution in [1.82, 2.24) is 0 Å². The summed E-state index contributed by atoms with van der Waals surface area (Å²) in [4.78, 5) is 11.3. The Morgan fingerprint density at radius 3 is 1.63 bits per heavy atom. The number of aliphatic hydroxyl groups is 1. The fourth-order valence-electron chi connectivity index (χ4n) is 1.15. The van der Waals surface area contributed by atoms with Crippen molar-refractivity contribution in [3.05, 3.63) is 0 Å². The lowest BCUT2D eigenvalue weighted by Crippen LogP contribution is -2.43. The number of ether oxygens (including phenoxy) is 1. The highest BCUT2D eigenvalue weighted by molar-refractivity contribution is 5.76. The van der Waals surface area contributed by atoms with Gasteiger partial charge in [0.15, 0.2) is 0 Å². The van der Waals surface area contributed by atoms with Crippen molar-refractivity contribution in [2.24, 2.45) is 5.41 Å². The topological polar surface area (TPSA) is 46.5 Å². The van der Waals surface area contributed by atoms with Gasteiger partial charge in [0.1, 0.15) is 0 Å². The highest BCUT2D eigenvalue weighted by Gasteiger charge is 2.60. The smallest absolute Gasteiger partial charge is 0.453 e. The molecule has 0 aromatic carbocycles. The lowest BCUT2D eigenvalue weighted by Gasteiger charge is -2.28. The number of hydrogen-bond acceptors (Lipinski definition) is 3. The fraction of sp³-hybridized carbons (Fsp3) is 0.938. The molecule has 0 unspecified atom stereocenters. The molecule has 0 spiro atoms. The van der Waals surface area contributed by atoms with Crippen molar-refractivity contribution in [3.63, 3.8) is 0 Å². The average Bonchev–Trinajstić information content (AvgIpc) is 2.46. The van der Waals surface area contributed by atoms with Crippen molar-refractivity contribution in [3.8, 4) is 0 Å². The molecule has 0 rings (SSSR count). The maximum Gasteiger partial charge on any atom is 0.453 e. The maximum absolute atomic E-state index is 12.8. The van der Waals surface area contributed by atoms with Gasteiger partial charge in [-0.3, -0.25) is 9.18 Å². The van der Waals surface area contributed by atoms with Crippen LogP contribution in [0.3, 0.4) is 0 Å². The highest BCUT2D eigenvalue weighted by Crippen LogP contribution is 2.43. The SMILES string of the molecule is C.C.CC(C)(CC(F)(F)C(F)(F)F)C(=O)OCCCO.CCCF.FCF. The first-order chi connectivity index (χ1) is 11.3. The summed E-state index contributed by atoms with van der Waals surface area (Å²) < 4.78 is 96.1. The van der Waals surface area contributed by atoms with Gasteiger partial charge >= 0.3 is 18.1 Å². The number of hydrogen-bond donors (Lipinski definition) is 1. The molecular formula is C16H32F8O3. The van der Waals surface area contributed by atoms with E-state index in [0.29, 0.717) is 6.42 Å².